The molecule has 0 aliphatic carbocycles. The molecule has 0 aliphatic rings. The number of rotatable bonds is 5. The van der Waals surface area contributed by atoms with Crippen LogP contribution in [0.15, 0.2) is 58.2 Å². The summed E-state index contributed by atoms with van der Waals surface area (Å²) in [5.74, 6) is 0. The van der Waals surface area contributed by atoms with Gasteiger partial charge in [-0.1, -0.05) is 37.3 Å². The summed E-state index contributed by atoms with van der Waals surface area (Å²) in [5, 5.41) is 0. The van der Waals surface area contributed by atoms with Crippen LogP contribution in [-0.2, 0) is 30.7 Å². The molecular weight excluding hydrogens is 338 g/mol. The van der Waals surface area contributed by atoms with Gasteiger partial charge in [-0.2, -0.15) is 4.31 Å². The van der Waals surface area contributed by atoms with Crippen molar-refractivity contribution >= 4 is 21.1 Å². The highest BCUT2D eigenvalue weighted by atomic mass is 32.2. The van der Waals surface area contributed by atoms with Crippen molar-refractivity contribution in [2.45, 2.75) is 18.4 Å². The lowest BCUT2D eigenvalue weighted by Crippen LogP contribution is -2.30. The van der Waals surface area contributed by atoms with E-state index in [4.69, 9.17) is 0 Å². The van der Waals surface area contributed by atoms with Gasteiger partial charge in [-0.15, -0.1) is 0 Å². The van der Waals surface area contributed by atoms with Gasteiger partial charge in [-0.3, -0.25) is 9.13 Å². The van der Waals surface area contributed by atoms with Crippen molar-refractivity contribution in [1.82, 2.24) is 13.4 Å². The molecule has 3 rings (SSSR count). The van der Waals surface area contributed by atoms with E-state index >= 15 is 0 Å². The van der Waals surface area contributed by atoms with Crippen LogP contribution in [0.25, 0.3) is 11.0 Å². The minimum atomic E-state index is -3.65. The molecule has 0 unspecified atom stereocenters. The van der Waals surface area contributed by atoms with Gasteiger partial charge >= 0.3 is 5.69 Å². The van der Waals surface area contributed by atoms with Crippen LogP contribution in [0.3, 0.4) is 0 Å². The second kappa shape index (κ2) is 6.50. The molecule has 3 aromatic rings. The van der Waals surface area contributed by atoms with Crippen LogP contribution in [0.5, 0.6) is 0 Å². The topological polar surface area (TPSA) is 64.3 Å². The first-order chi connectivity index (χ1) is 11.9. The molecule has 0 spiro atoms. The summed E-state index contributed by atoms with van der Waals surface area (Å²) in [7, 11) is -0.338. The van der Waals surface area contributed by atoms with Crippen LogP contribution in [0.2, 0.25) is 0 Å². The SMILES string of the molecule is CCN(Cc1ccccc1)S(=O)(=O)c1ccc2c(c1)n(C)c(=O)n2C. The van der Waals surface area contributed by atoms with Gasteiger partial charge in [0.25, 0.3) is 0 Å². The summed E-state index contributed by atoms with van der Waals surface area (Å²) in [6.07, 6.45) is 0. The number of aryl methyl sites for hydroxylation is 2. The van der Waals surface area contributed by atoms with Gasteiger partial charge < -0.3 is 0 Å². The Morgan fingerprint density at radius 2 is 1.60 bits per heavy atom. The van der Waals surface area contributed by atoms with E-state index in [0.29, 0.717) is 24.1 Å². The predicted octanol–water partition coefficient (Wildman–Crippen LogP) is 2.09. The quantitative estimate of drug-likeness (QED) is 0.701. The molecule has 1 heterocycles. The third-order valence-corrected chi connectivity index (χ3v) is 6.35. The Morgan fingerprint density at radius 1 is 0.960 bits per heavy atom. The first-order valence-electron chi connectivity index (χ1n) is 8.05. The van der Waals surface area contributed by atoms with Gasteiger partial charge in [0, 0.05) is 27.2 Å². The van der Waals surface area contributed by atoms with Gasteiger partial charge in [0.05, 0.1) is 15.9 Å². The van der Waals surface area contributed by atoms with E-state index in [9.17, 15) is 13.2 Å². The van der Waals surface area contributed by atoms with Gasteiger partial charge in [0.2, 0.25) is 10.0 Å². The van der Waals surface area contributed by atoms with E-state index in [-0.39, 0.29) is 10.6 Å². The molecule has 7 heteroatoms. The Labute approximate surface area is 147 Å². The van der Waals surface area contributed by atoms with Crippen LogP contribution in [0.4, 0.5) is 0 Å². The summed E-state index contributed by atoms with van der Waals surface area (Å²) in [6, 6.07) is 14.3. The Bertz CT molecular complexity index is 1070. The van der Waals surface area contributed by atoms with Gasteiger partial charge in [0.1, 0.15) is 0 Å². The zero-order chi connectivity index (χ0) is 18.2. The average molecular weight is 359 g/mol. The van der Waals surface area contributed by atoms with Gasteiger partial charge in [-0.05, 0) is 23.8 Å². The molecule has 0 aliphatic heterocycles. The van der Waals surface area contributed by atoms with Crippen molar-refractivity contribution < 1.29 is 8.42 Å². The van der Waals surface area contributed by atoms with E-state index in [1.165, 1.54) is 13.4 Å². The molecule has 132 valence electrons. The van der Waals surface area contributed by atoms with Crippen LogP contribution in [0.1, 0.15) is 12.5 Å². The summed E-state index contributed by atoms with van der Waals surface area (Å²) >= 11 is 0. The number of fused-ring (bicyclic) bond motifs is 1. The van der Waals surface area contributed by atoms with E-state index in [2.05, 4.69) is 0 Å². The number of benzene rings is 2. The maximum atomic E-state index is 13.0. The second-order valence-corrected chi connectivity index (χ2v) is 7.91. The molecule has 0 fully saturated rings. The number of hydrogen-bond acceptors (Lipinski definition) is 3. The van der Waals surface area contributed by atoms with Crippen LogP contribution in [0, 0.1) is 0 Å². The standard InChI is InChI=1S/C18H21N3O3S/c1-4-21(13-14-8-6-5-7-9-14)25(23,24)15-10-11-16-17(12-15)20(3)18(22)19(16)2/h5-12H,4,13H2,1-3H3. The van der Waals surface area contributed by atoms with Crippen LogP contribution < -0.4 is 5.69 Å². The highest BCUT2D eigenvalue weighted by Gasteiger charge is 2.24. The van der Waals surface area contributed by atoms with Crippen molar-refractivity contribution in [3.05, 3.63) is 64.6 Å². The lowest BCUT2D eigenvalue weighted by Gasteiger charge is -2.20. The fourth-order valence-corrected chi connectivity index (χ4v) is 4.41. The molecule has 0 atom stereocenters. The Kier molecular flexibility index (Phi) is 4.53. The molecule has 0 N–H and O–H groups in total. The van der Waals surface area contributed by atoms with Crippen LogP contribution in [-0.4, -0.2) is 28.4 Å². The molecule has 0 bridgehead atoms. The number of hydrogen-bond donors (Lipinski definition) is 0. The molecule has 2 aromatic carbocycles. The third kappa shape index (κ3) is 3.01. The van der Waals surface area contributed by atoms with Crippen LogP contribution >= 0.6 is 0 Å². The second-order valence-electron chi connectivity index (χ2n) is 5.97. The molecule has 6 nitrogen and oxygen atoms in total. The zero-order valence-corrected chi connectivity index (χ0v) is 15.3. The summed E-state index contributed by atoms with van der Waals surface area (Å²) in [6.45, 7) is 2.49. The lowest BCUT2D eigenvalue weighted by atomic mass is 10.2. The Morgan fingerprint density at radius 3 is 2.24 bits per heavy atom. The highest BCUT2D eigenvalue weighted by Crippen LogP contribution is 2.22. The third-order valence-electron chi connectivity index (χ3n) is 4.44. The minimum Gasteiger partial charge on any atom is -0.295 e. The molecule has 0 radical (unpaired) electrons. The number of imidazole rings is 1. The monoisotopic (exact) mass is 359 g/mol. The molecule has 0 saturated heterocycles. The van der Waals surface area contributed by atoms with Gasteiger partial charge in [-0.25, -0.2) is 13.2 Å². The maximum Gasteiger partial charge on any atom is 0.328 e. The smallest absolute Gasteiger partial charge is 0.295 e. The lowest BCUT2D eigenvalue weighted by molar-refractivity contribution is 0.423. The fraction of sp³-hybridized carbons (Fsp3) is 0.278. The maximum absolute atomic E-state index is 13.0. The van der Waals surface area contributed by atoms with Crippen molar-refractivity contribution in [3.63, 3.8) is 0 Å². The highest BCUT2D eigenvalue weighted by molar-refractivity contribution is 7.89. The Hall–Kier alpha value is -2.38. The number of aromatic nitrogens is 2. The van der Waals surface area contributed by atoms with E-state index in [1.54, 1.807) is 32.3 Å². The van der Waals surface area contributed by atoms with E-state index in [1.807, 2.05) is 37.3 Å². The van der Waals surface area contributed by atoms with E-state index < -0.39 is 10.0 Å². The number of nitrogens with zero attached hydrogens (tertiary/aromatic N) is 3. The average Bonchev–Trinajstić information content (AvgIpc) is 2.84. The van der Waals surface area contributed by atoms with Crippen molar-refractivity contribution in [1.29, 1.82) is 0 Å². The molecule has 1 aromatic heterocycles. The van der Waals surface area contributed by atoms with Crippen molar-refractivity contribution in [2.24, 2.45) is 14.1 Å². The summed E-state index contributed by atoms with van der Waals surface area (Å²) < 4.78 is 30.5. The zero-order valence-electron chi connectivity index (χ0n) is 14.5. The van der Waals surface area contributed by atoms with Crippen molar-refractivity contribution in [3.8, 4) is 0 Å². The summed E-state index contributed by atoms with van der Waals surface area (Å²) in [4.78, 5) is 12.2. The molecule has 0 saturated carbocycles. The molecule has 25 heavy (non-hydrogen) atoms. The normalized spacial score (nSPS) is 12.2. The molecule has 0 amide bonds. The largest absolute Gasteiger partial charge is 0.328 e. The van der Waals surface area contributed by atoms with Crippen molar-refractivity contribution in [2.75, 3.05) is 6.54 Å². The molecular formula is C18H21N3O3S. The Balaban J connectivity index is 2.05. The van der Waals surface area contributed by atoms with E-state index in [0.717, 1.165) is 5.56 Å². The first-order valence-corrected chi connectivity index (χ1v) is 9.49. The predicted molar refractivity (Wildman–Crippen MR) is 97.9 cm³/mol. The fourth-order valence-electron chi connectivity index (χ4n) is 2.95. The number of sulfonamides is 1. The minimum absolute atomic E-state index is 0.179. The van der Waals surface area contributed by atoms with Gasteiger partial charge in [0.15, 0.2) is 0 Å². The first kappa shape index (κ1) is 17.4. The summed E-state index contributed by atoms with van der Waals surface area (Å²) in [5.41, 5.74) is 2.06.